The highest BCUT2D eigenvalue weighted by atomic mass is 16.5. The fourth-order valence-electron chi connectivity index (χ4n) is 0.956. The quantitative estimate of drug-likeness (QED) is 0.538. The maximum Gasteiger partial charge on any atom is 0.312 e. The van der Waals surface area contributed by atoms with Crippen LogP contribution >= 0.6 is 0 Å². The van der Waals surface area contributed by atoms with Crippen molar-refractivity contribution >= 4 is 5.97 Å². The highest BCUT2D eigenvalue weighted by Crippen LogP contribution is 2.04. The van der Waals surface area contributed by atoms with Crippen LogP contribution in [-0.4, -0.2) is 5.97 Å². The van der Waals surface area contributed by atoms with E-state index in [0.717, 1.165) is 5.56 Å². The molecule has 74 valence electrons. The van der Waals surface area contributed by atoms with Gasteiger partial charge in [-0.1, -0.05) is 36.4 Å². The molecule has 0 spiro atoms. The molecule has 0 fully saturated rings. The van der Waals surface area contributed by atoms with E-state index in [2.05, 4.69) is 6.58 Å². The Morgan fingerprint density at radius 2 is 2.14 bits per heavy atom. The third kappa shape index (κ3) is 3.05. The predicted octanol–water partition coefficient (Wildman–Crippen LogP) is 2.55. The first-order valence-corrected chi connectivity index (χ1v) is 4.57. The zero-order valence-corrected chi connectivity index (χ0v) is 8.27. The summed E-state index contributed by atoms with van der Waals surface area (Å²) in [6.45, 7) is 5.63. The van der Waals surface area contributed by atoms with Crippen molar-refractivity contribution in [3.05, 3.63) is 48.6 Å². The monoisotopic (exact) mass is 190 g/mol. The second-order valence-electron chi connectivity index (χ2n) is 3.12. The van der Waals surface area contributed by atoms with Crippen LogP contribution in [0, 0.1) is 5.92 Å². The molecular formula is C12H14O2. The number of hydrogen-bond acceptors (Lipinski definition) is 2. The Labute approximate surface area is 84.2 Å². The molecule has 2 heteroatoms. The summed E-state index contributed by atoms with van der Waals surface area (Å²) < 4.78 is 5.07. The Bertz CT molecular complexity index is 303. The summed E-state index contributed by atoms with van der Waals surface area (Å²) in [7, 11) is 0. The highest BCUT2D eigenvalue weighted by Gasteiger charge is 2.09. The summed E-state index contributed by atoms with van der Waals surface area (Å²) in [6.07, 6.45) is 1.58. The zero-order valence-electron chi connectivity index (χ0n) is 8.27. The normalized spacial score (nSPS) is 11.8. The van der Waals surface area contributed by atoms with Crippen molar-refractivity contribution in [3.8, 4) is 0 Å². The molecule has 0 saturated carbocycles. The zero-order chi connectivity index (χ0) is 10.4. The summed E-state index contributed by atoms with van der Waals surface area (Å²) >= 11 is 0. The molecule has 1 aromatic rings. The van der Waals surface area contributed by atoms with Crippen molar-refractivity contribution in [2.45, 2.75) is 13.5 Å². The number of benzene rings is 1. The molecule has 14 heavy (non-hydrogen) atoms. The van der Waals surface area contributed by atoms with Gasteiger partial charge in [0, 0.05) is 0 Å². The third-order valence-electron chi connectivity index (χ3n) is 1.95. The first-order chi connectivity index (χ1) is 6.74. The van der Waals surface area contributed by atoms with Crippen LogP contribution in [0.1, 0.15) is 12.5 Å². The van der Waals surface area contributed by atoms with Gasteiger partial charge in [0.1, 0.15) is 6.61 Å². The van der Waals surface area contributed by atoms with Gasteiger partial charge >= 0.3 is 5.97 Å². The van der Waals surface area contributed by atoms with E-state index in [1.54, 1.807) is 13.0 Å². The number of esters is 1. The maximum atomic E-state index is 11.3. The second kappa shape index (κ2) is 5.22. The van der Waals surface area contributed by atoms with Crippen LogP contribution in [0.15, 0.2) is 43.0 Å². The van der Waals surface area contributed by atoms with E-state index in [-0.39, 0.29) is 11.9 Å². The SMILES string of the molecule is C=C[C@@H](C)C(=O)OCc1ccccc1. The Hall–Kier alpha value is -1.57. The van der Waals surface area contributed by atoms with Crippen molar-refractivity contribution in [1.82, 2.24) is 0 Å². The lowest BCUT2D eigenvalue weighted by Crippen LogP contribution is -2.12. The molecule has 1 aromatic carbocycles. The Kier molecular flexibility index (Phi) is 3.92. The smallest absolute Gasteiger partial charge is 0.312 e. The van der Waals surface area contributed by atoms with Crippen LogP contribution in [0.2, 0.25) is 0 Å². The van der Waals surface area contributed by atoms with Crippen molar-refractivity contribution < 1.29 is 9.53 Å². The number of rotatable bonds is 4. The maximum absolute atomic E-state index is 11.3. The number of ether oxygens (including phenoxy) is 1. The molecule has 1 atom stereocenters. The van der Waals surface area contributed by atoms with Crippen LogP contribution in [-0.2, 0) is 16.1 Å². The Morgan fingerprint density at radius 1 is 1.50 bits per heavy atom. The fraction of sp³-hybridized carbons (Fsp3) is 0.250. The predicted molar refractivity (Wildman–Crippen MR) is 55.6 cm³/mol. The summed E-state index contributed by atoms with van der Waals surface area (Å²) in [6, 6.07) is 9.61. The van der Waals surface area contributed by atoms with E-state index < -0.39 is 0 Å². The Morgan fingerprint density at radius 3 is 2.71 bits per heavy atom. The first kappa shape index (κ1) is 10.5. The average Bonchev–Trinajstić information content (AvgIpc) is 2.26. The molecule has 0 amide bonds. The van der Waals surface area contributed by atoms with E-state index >= 15 is 0 Å². The van der Waals surface area contributed by atoms with E-state index in [1.807, 2.05) is 30.3 Å². The van der Waals surface area contributed by atoms with Gasteiger partial charge in [0.15, 0.2) is 0 Å². The Balaban J connectivity index is 2.42. The van der Waals surface area contributed by atoms with Gasteiger partial charge < -0.3 is 4.74 Å². The van der Waals surface area contributed by atoms with Crippen molar-refractivity contribution in [2.75, 3.05) is 0 Å². The van der Waals surface area contributed by atoms with Gasteiger partial charge in [0.2, 0.25) is 0 Å². The van der Waals surface area contributed by atoms with E-state index in [0.29, 0.717) is 6.61 Å². The van der Waals surface area contributed by atoms with Gasteiger partial charge in [-0.3, -0.25) is 4.79 Å². The minimum absolute atomic E-state index is 0.233. The van der Waals surface area contributed by atoms with Crippen LogP contribution in [0.4, 0.5) is 0 Å². The van der Waals surface area contributed by atoms with Crippen molar-refractivity contribution in [1.29, 1.82) is 0 Å². The summed E-state index contributed by atoms with van der Waals surface area (Å²) in [4.78, 5) is 11.3. The van der Waals surface area contributed by atoms with E-state index in [9.17, 15) is 4.79 Å². The largest absolute Gasteiger partial charge is 0.460 e. The van der Waals surface area contributed by atoms with Crippen LogP contribution < -0.4 is 0 Å². The van der Waals surface area contributed by atoms with Gasteiger partial charge in [0.05, 0.1) is 5.92 Å². The van der Waals surface area contributed by atoms with Gasteiger partial charge in [-0.15, -0.1) is 6.58 Å². The van der Waals surface area contributed by atoms with E-state index in [1.165, 1.54) is 0 Å². The second-order valence-corrected chi connectivity index (χ2v) is 3.12. The molecule has 0 radical (unpaired) electrons. The van der Waals surface area contributed by atoms with Gasteiger partial charge in [-0.05, 0) is 12.5 Å². The van der Waals surface area contributed by atoms with Crippen LogP contribution in [0.5, 0.6) is 0 Å². The van der Waals surface area contributed by atoms with Crippen LogP contribution in [0.3, 0.4) is 0 Å². The highest BCUT2D eigenvalue weighted by molar-refractivity contribution is 5.73. The summed E-state index contributed by atoms with van der Waals surface area (Å²) in [5.74, 6) is -0.470. The lowest BCUT2D eigenvalue weighted by atomic mass is 10.2. The topological polar surface area (TPSA) is 26.3 Å². The molecule has 0 saturated heterocycles. The lowest BCUT2D eigenvalue weighted by molar-refractivity contribution is -0.147. The number of carbonyl (C=O) groups is 1. The van der Waals surface area contributed by atoms with Crippen molar-refractivity contribution in [2.24, 2.45) is 5.92 Å². The molecule has 0 bridgehead atoms. The number of hydrogen-bond donors (Lipinski definition) is 0. The minimum Gasteiger partial charge on any atom is -0.460 e. The lowest BCUT2D eigenvalue weighted by Gasteiger charge is -2.07. The van der Waals surface area contributed by atoms with Crippen LogP contribution in [0.25, 0.3) is 0 Å². The standard InChI is InChI=1S/C12H14O2/c1-3-10(2)12(13)14-9-11-7-5-4-6-8-11/h3-8,10H,1,9H2,2H3/t10-/m1/s1. The fourth-order valence-corrected chi connectivity index (χ4v) is 0.956. The molecule has 2 nitrogen and oxygen atoms in total. The molecule has 0 aliphatic heterocycles. The molecule has 0 aliphatic rings. The summed E-state index contributed by atoms with van der Waals surface area (Å²) in [5.41, 5.74) is 0.997. The molecular weight excluding hydrogens is 176 g/mol. The molecule has 0 aromatic heterocycles. The van der Waals surface area contributed by atoms with E-state index in [4.69, 9.17) is 4.74 Å². The third-order valence-corrected chi connectivity index (χ3v) is 1.95. The molecule has 0 unspecified atom stereocenters. The van der Waals surface area contributed by atoms with Gasteiger partial charge in [-0.25, -0.2) is 0 Å². The molecule has 0 aliphatic carbocycles. The average molecular weight is 190 g/mol. The van der Waals surface area contributed by atoms with Gasteiger partial charge in [0.25, 0.3) is 0 Å². The first-order valence-electron chi connectivity index (χ1n) is 4.57. The number of carbonyl (C=O) groups excluding carboxylic acids is 1. The minimum atomic E-state index is -0.237. The van der Waals surface area contributed by atoms with Gasteiger partial charge in [-0.2, -0.15) is 0 Å². The molecule has 1 rings (SSSR count). The van der Waals surface area contributed by atoms with Crippen molar-refractivity contribution in [3.63, 3.8) is 0 Å². The molecule has 0 N–H and O–H groups in total. The molecule has 0 heterocycles. The summed E-state index contributed by atoms with van der Waals surface area (Å²) in [5, 5.41) is 0.